The molecule has 2 rings (SSSR count). The first-order valence-corrected chi connectivity index (χ1v) is 6.45. The highest BCUT2D eigenvalue weighted by Gasteiger charge is 2.55. The van der Waals surface area contributed by atoms with E-state index in [4.69, 9.17) is 4.74 Å². The van der Waals surface area contributed by atoms with Crippen molar-refractivity contribution in [2.45, 2.75) is 33.8 Å². The number of ether oxygens (including phenoxy) is 1. The van der Waals surface area contributed by atoms with E-state index in [0.717, 1.165) is 4.88 Å². The minimum absolute atomic E-state index is 0.0559. The second kappa shape index (κ2) is 3.67. The van der Waals surface area contributed by atoms with Crippen molar-refractivity contribution in [1.29, 1.82) is 0 Å². The van der Waals surface area contributed by atoms with Gasteiger partial charge in [-0.1, -0.05) is 6.07 Å². The lowest BCUT2D eigenvalue weighted by Crippen LogP contribution is -2.52. The molecule has 0 amide bonds. The Balaban J connectivity index is 2.45. The van der Waals surface area contributed by atoms with Crippen LogP contribution in [-0.2, 0) is 14.3 Å². The SMILES string of the molecule is CC1(C)C(=O)O[C@H](c2cccs2)C(C)(C)C1=O. The summed E-state index contributed by atoms with van der Waals surface area (Å²) < 4.78 is 5.48. The third-order valence-electron chi connectivity index (χ3n) is 3.35. The quantitative estimate of drug-likeness (QED) is 0.570. The van der Waals surface area contributed by atoms with E-state index >= 15 is 0 Å². The summed E-state index contributed by atoms with van der Waals surface area (Å²) in [7, 11) is 0. The van der Waals surface area contributed by atoms with Gasteiger partial charge in [0.1, 0.15) is 11.5 Å². The minimum atomic E-state index is -1.04. The number of ketones is 1. The predicted molar refractivity (Wildman–Crippen MR) is 65.7 cm³/mol. The van der Waals surface area contributed by atoms with Crippen LogP contribution in [0.15, 0.2) is 17.5 Å². The standard InChI is InChI=1S/C13H16O3S/c1-12(2)9(8-6-5-7-17-8)16-11(15)13(3,4)10(12)14/h5-7,9H,1-4H3/t9-/m1/s1. The lowest BCUT2D eigenvalue weighted by atomic mass is 9.68. The molecule has 1 aliphatic rings. The summed E-state index contributed by atoms with van der Waals surface area (Å²) >= 11 is 1.51. The number of Topliss-reactive ketones (excluding diaryl/α,β-unsaturated/α-hetero) is 1. The van der Waals surface area contributed by atoms with Crippen molar-refractivity contribution < 1.29 is 14.3 Å². The van der Waals surface area contributed by atoms with E-state index < -0.39 is 22.9 Å². The third kappa shape index (κ3) is 1.71. The van der Waals surface area contributed by atoms with Crippen LogP contribution in [0.4, 0.5) is 0 Å². The van der Waals surface area contributed by atoms with Gasteiger partial charge in [0.25, 0.3) is 0 Å². The number of rotatable bonds is 1. The summed E-state index contributed by atoms with van der Waals surface area (Å²) in [6.07, 6.45) is -0.462. The van der Waals surface area contributed by atoms with Crippen LogP contribution in [0.3, 0.4) is 0 Å². The van der Waals surface area contributed by atoms with Gasteiger partial charge in [-0.05, 0) is 39.1 Å². The second-order valence-electron chi connectivity index (χ2n) is 5.48. The van der Waals surface area contributed by atoms with E-state index in [9.17, 15) is 9.59 Å². The van der Waals surface area contributed by atoms with Crippen LogP contribution < -0.4 is 0 Å². The molecule has 3 nitrogen and oxygen atoms in total. The largest absolute Gasteiger partial charge is 0.455 e. The first kappa shape index (κ1) is 12.3. The Kier molecular flexibility index (Phi) is 2.65. The van der Waals surface area contributed by atoms with Crippen LogP contribution >= 0.6 is 11.3 Å². The third-order valence-corrected chi connectivity index (χ3v) is 4.26. The van der Waals surface area contributed by atoms with E-state index in [0.29, 0.717) is 0 Å². The molecule has 1 atom stereocenters. The first-order chi connectivity index (χ1) is 7.78. The number of carbonyl (C=O) groups excluding carboxylic acids is 2. The monoisotopic (exact) mass is 252 g/mol. The molecule has 0 aromatic carbocycles. The Labute approximate surface area is 105 Å². The molecular formula is C13H16O3S. The molecule has 0 bridgehead atoms. The van der Waals surface area contributed by atoms with Gasteiger partial charge in [-0.2, -0.15) is 0 Å². The smallest absolute Gasteiger partial charge is 0.319 e. The number of hydrogen-bond acceptors (Lipinski definition) is 4. The van der Waals surface area contributed by atoms with Crippen LogP contribution in [0.2, 0.25) is 0 Å². The molecule has 0 saturated carbocycles. The molecule has 1 aliphatic heterocycles. The zero-order valence-corrected chi connectivity index (χ0v) is 11.3. The topological polar surface area (TPSA) is 43.4 Å². The van der Waals surface area contributed by atoms with Crippen LogP contribution in [0, 0.1) is 10.8 Å². The maximum atomic E-state index is 12.4. The summed E-state index contributed by atoms with van der Waals surface area (Å²) in [5.74, 6) is -0.486. The zero-order chi connectivity index (χ0) is 12.8. The molecule has 0 spiro atoms. The van der Waals surface area contributed by atoms with Gasteiger partial charge >= 0.3 is 5.97 Å². The van der Waals surface area contributed by atoms with Gasteiger partial charge in [-0.15, -0.1) is 11.3 Å². The molecule has 2 heterocycles. The van der Waals surface area contributed by atoms with Crippen molar-refractivity contribution >= 4 is 23.1 Å². The molecule has 0 N–H and O–H groups in total. The highest BCUT2D eigenvalue weighted by Crippen LogP contribution is 2.48. The van der Waals surface area contributed by atoms with Crippen molar-refractivity contribution in [1.82, 2.24) is 0 Å². The van der Waals surface area contributed by atoms with Gasteiger partial charge in [0, 0.05) is 4.88 Å². The molecule has 0 unspecified atom stereocenters. The van der Waals surface area contributed by atoms with Crippen LogP contribution in [0.5, 0.6) is 0 Å². The molecule has 0 aliphatic carbocycles. The van der Waals surface area contributed by atoms with E-state index in [2.05, 4.69) is 0 Å². The Hall–Kier alpha value is -1.16. The maximum Gasteiger partial charge on any atom is 0.319 e. The Bertz CT molecular complexity index is 457. The molecule has 92 valence electrons. The summed E-state index contributed by atoms with van der Waals surface area (Å²) in [5, 5.41) is 1.92. The van der Waals surface area contributed by atoms with E-state index in [1.165, 1.54) is 11.3 Å². The summed E-state index contributed by atoms with van der Waals surface area (Å²) in [4.78, 5) is 25.2. The lowest BCUT2D eigenvalue weighted by molar-refractivity contribution is -0.186. The van der Waals surface area contributed by atoms with Crippen molar-refractivity contribution in [3.63, 3.8) is 0 Å². The molecule has 1 aromatic heterocycles. The fraction of sp³-hybridized carbons (Fsp3) is 0.538. The van der Waals surface area contributed by atoms with Crippen molar-refractivity contribution in [2.24, 2.45) is 10.8 Å². The van der Waals surface area contributed by atoms with Gasteiger partial charge in [0.2, 0.25) is 0 Å². The summed E-state index contributed by atoms with van der Waals surface area (Å²) in [6.45, 7) is 6.94. The van der Waals surface area contributed by atoms with Crippen LogP contribution in [-0.4, -0.2) is 11.8 Å². The fourth-order valence-electron chi connectivity index (χ4n) is 2.27. The first-order valence-electron chi connectivity index (χ1n) is 5.57. The Morgan fingerprint density at radius 3 is 2.41 bits per heavy atom. The summed E-state index contributed by atoms with van der Waals surface area (Å²) in [5.41, 5.74) is -1.72. The highest BCUT2D eigenvalue weighted by molar-refractivity contribution is 7.10. The Morgan fingerprint density at radius 2 is 1.88 bits per heavy atom. The normalized spacial score (nSPS) is 26.7. The van der Waals surface area contributed by atoms with Gasteiger partial charge in [-0.3, -0.25) is 9.59 Å². The van der Waals surface area contributed by atoms with Gasteiger partial charge < -0.3 is 4.74 Å². The number of thiophene rings is 1. The van der Waals surface area contributed by atoms with E-state index in [1.54, 1.807) is 13.8 Å². The number of cyclic esters (lactones) is 1. The van der Waals surface area contributed by atoms with Gasteiger partial charge in [0.15, 0.2) is 5.78 Å². The van der Waals surface area contributed by atoms with Gasteiger partial charge in [-0.25, -0.2) is 0 Å². The van der Waals surface area contributed by atoms with Crippen molar-refractivity contribution in [3.05, 3.63) is 22.4 Å². The van der Waals surface area contributed by atoms with E-state index in [-0.39, 0.29) is 5.78 Å². The number of carbonyl (C=O) groups is 2. The molecule has 0 radical (unpaired) electrons. The average Bonchev–Trinajstić information content (AvgIpc) is 2.75. The molecule has 1 aromatic rings. The van der Waals surface area contributed by atoms with Crippen molar-refractivity contribution in [3.8, 4) is 0 Å². The highest BCUT2D eigenvalue weighted by atomic mass is 32.1. The second-order valence-corrected chi connectivity index (χ2v) is 6.46. The molecule has 1 fully saturated rings. The minimum Gasteiger partial charge on any atom is -0.455 e. The van der Waals surface area contributed by atoms with Crippen molar-refractivity contribution in [2.75, 3.05) is 0 Å². The molecular weight excluding hydrogens is 236 g/mol. The number of esters is 1. The average molecular weight is 252 g/mol. The van der Waals surface area contributed by atoms with E-state index in [1.807, 2.05) is 31.4 Å². The summed E-state index contributed by atoms with van der Waals surface area (Å²) in [6, 6.07) is 3.80. The molecule has 17 heavy (non-hydrogen) atoms. The van der Waals surface area contributed by atoms with Crippen LogP contribution in [0.25, 0.3) is 0 Å². The number of hydrogen-bond donors (Lipinski definition) is 0. The predicted octanol–water partition coefficient (Wildman–Crippen LogP) is 2.97. The lowest BCUT2D eigenvalue weighted by Gasteiger charge is -2.42. The molecule has 1 saturated heterocycles. The fourth-order valence-corrected chi connectivity index (χ4v) is 3.21. The van der Waals surface area contributed by atoms with Gasteiger partial charge in [0.05, 0.1) is 5.41 Å². The van der Waals surface area contributed by atoms with Crippen LogP contribution in [0.1, 0.15) is 38.7 Å². The maximum absolute atomic E-state index is 12.4. The Morgan fingerprint density at radius 1 is 1.24 bits per heavy atom. The molecule has 4 heteroatoms. The zero-order valence-electron chi connectivity index (χ0n) is 10.4.